The van der Waals surface area contributed by atoms with Crippen LogP contribution in [-0.2, 0) is 10.4 Å². The van der Waals surface area contributed by atoms with Gasteiger partial charge in [-0.2, -0.15) is 0 Å². The van der Waals surface area contributed by atoms with E-state index in [1.54, 1.807) is 0 Å². The van der Waals surface area contributed by atoms with Crippen molar-refractivity contribution in [3.05, 3.63) is 35.4 Å². The van der Waals surface area contributed by atoms with Gasteiger partial charge in [-0.05, 0) is 25.1 Å². The van der Waals surface area contributed by atoms with E-state index in [0.29, 0.717) is 19.8 Å². The average molecular weight is 259 g/mol. The summed E-state index contributed by atoms with van der Waals surface area (Å²) >= 11 is 0. The fraction of sp³-hybridized carbons (Fsp3) is 0.538. The Morgan fingerprint density at radius 1 is 1.44 bits per heavy atom. The van der Waals surface area contributed by atoms with Gasteiger partial charge in [0.2, 0.25) is 0 Å². The molecule has 2 rings (SSSR count). The second kappa shape index (κ2) is 5.28. The predicted octanol–water partition coefficient (Wildman–Crippen LogP) is 2.53. The van der Waals surface area contributed by atoms with Crippen LogP contribution in [0, 0.1) is 11.6 Å². The Kier molecular flexibility index (Phi) is 3.92. The molecule has 0 amide bonds. The van der Waals surface area contributed by atoms with E-state index < -0.39 is 17.3 Å². The van der Waals surface area contributed by atoms with Crippen LogP contribution >= 0.6 is 0 Å². The molecule has 2 nitrogen and oxygen atoms in total. The third kappa shape index (κ3) is 3.03. The summed E-state index contributed by atoms with van der Waals surface area (Å²) in [5, 5.41) is 3.10. The summed E-state index contributed by atoms with van der Waals surface area (Å²) in [7, 11) is 0. The van der Waals surface area contributed by atoms with Gasteiger partial charge in [0.05, 0.1) is 13.2 Å². The molecule has 0 bridgehead atoms. The van der Waals surface area contributed by atoms with E-state index in [2.05, 4.69) is 5.32 Å². The molecule has 0 aromatic heterocycles. The van der Waals surface area contributed by atoms with Crippen LogP contribution in [0.25, 0.3) is 0 Å². The second-order valence-electron chi connectivity index (χ2n) is 4.75. The lowest BCUT2D eigenvalue weighted by Gasteiger charge is -2.30. The summed E-state index contributed by atoms with van der Waals surface area (Å²) < 4.78 is 46.4. The highest BCUT2D eigenvalue weighted by atomic mass is 19.2. The van der Waals surface area contributed by atoms with Gasteiger partial charge in [-0.1, -0.05) is 0 Å². The molecule has 5 heteroatoms. The van der Waals surface area contributed by atoms with Crippen LogP contribution in [0.15, 0.2) is 18.2 Å². The summed E-state index contributed by atoms with van der Waals surface area (Å²) in [5.74, 6) is -1.36. The molecule has 1 N–H and O–H groups in total. The molecule has 0 aliphatic carbocycles. The maximum atomic E-state index is 14.5. The number of nitrogens with one attached hydrogen (secondary N) is 1. The van der Waals surface area contributed by atoms with Crippen molar-refractivity contribution in [2.24, 2.45) is 0 Å². The van der Waals surface area contributed by atoms with Crippen molar-refractivity contribution in [3.63, 3.8) is 0 Å². The highest BCUT2D eigenvalue weighted by Crippen LogP contribution is 2.33. The number of rotatable bonds is 3. The molecule has 1 aromatic rings. The maximum absolute atomic E-state index is 14.5. The summed E-state index contributed by atoms with van der Waals surface area (Å²) in [6, 6.07) is 2.67. The molecule has 1 aromatic carbocycles. The zero-order valence-corrected chi connectivity index (χ0v) is 10.2. The highest BCUT2D eigenvalue weighted by Gasteiger charge is 2.33. The Bertz CT molecular complexity index is 417. The number of hydrogen-bond donors (Lipinski definition) is 1. The predicted molar refractivity (Wildman–Crippen MR) is 62.0 cm³/mol. The molecule has 1 saturated heterocycles. The van der Waals surface area contributed by atoms with Crippen molar-refractivity contribution >= 4 is 0 Å². The second-order valence-corrected chi connectivity index (χ2v) is 4.75. The standard InChI is InChI=1S/C13H16F3NO/c1-13(16,7-10-8-18-5-4-17-10)11-6-9(14)2-3-12(11)15/h2-3,6,10,17H,4-5,7-8H2,1H3. The number of benzene rings is 1. The van der Waals surface area contributed by atoms with E-state index in [1.807, 2.05) is 0 Å². The van der Waals surface area contributed by atoms with Crippen molar-refractivity contribution in [2.45, 2.75) is 25.1 Å². The third-order valence-corrected chi connectivity index (χ3v) is 3.12. The molecule has 0 radical (unpaired) electrons. The number of hydrogen-bond acceptors (Lipinski definition) is 2. The van der Waals surface area contributed by atoms with Gasteiger partial charge in [0.15, 0.2) is 0 Å². The van der Waals surface area contributed by atoms with Crippen molar-refractivity contribution < 1.29 is 17.9 Å². The van der Waals surface area contributed by atoms with Crippen LogP contribution in [0.5, 0.6) is 0 Å². The Balaban J connectivity index is 2.15. The number of alkyl halides is 1. The van der Waals surface area contributed by atoms with Crippen LogP contribution in [0.3, 0.4) is 0 Å². The smallest absolute Gasteiger partial charge is 0.137 e. The minimum Gasteiger partial charge on any atom is -0.379 e. The Hall–Kier alpha value is -1.07. The number of ether oxygens (including phenoxy) is 1. The van der Waals surface area contributed by atoms with Gasteiger partial charge in [0.25, 0.3) is 0 Å². The van der Waals surface area contributed by atoms with E-state index in [1.165, 1.54) is 6.92 Å². The minimum atomic E-state index is -1.93. The van der Waals surface area contributed by atoms with Crippen molar-refractivity contribution in [2.75, 3.05) is 19.8 Å². The largest absolute Gasteiger partial charge is 0.379 e. The monoisotopic (exact) mass is 259 g/mol. The lowest BCUT2D eigenvalue weighted by atomic mass is 9.90. The van der Waals surface area contributed by atoms with E-state index in [-0.39, 0.29) is 18.0 Å². The van der Waals surface area contributed by atoms with Crippen LogP contribution < -0.4 is 5.32 Å². The molecular weight excluding hydrogens is 243 g/mol. The zero-order chi connectivity index (χ0) is 13.2. The van der Waals surface area contributed by atoms with Crippen LogP contribution in [0.1, 0.15) is 18.9 Å². The topological polar surface area (TPSA) is 21.3 Å². The van der Waals surface area contributed by atoms with Gasteiger partial charge in [-0.3, -0.25) is 0 Å². The molecular formula is C13H16F3NO. The zero-order valence-electron chi connectivity index (χ0n) is 10.2. The summed E-state index contributed by atoms with van der Waals surface area (Å²) in [6.45, 7) is 2.89. The fourth-order valence-electron chi connectivity index (χ4n) is 2.22. The molecule has 100 valence electrons. The molecule has 1 fully saturated rings. The highest BCUT2D eigenvalue weighted by molar-refractivity contribution is 5.25. The summed E-state index contributed by atoms with van der Waals surface area (Å²) in [5.41, 5.74) is -2.17. The first-order valence-electron chi connectivity index (χ1n) is 5.94. The van der Waals surface area contributed by atoms with Crippen molar-refractivity contribution in [3.8, 4) is 0 Å². The van der Waals surface area contributed by atoms with Crippen molar-refractivity contribution in [1.82, 2.24) is 5.32 Å². The van der Waals surface area contributed by atoms with Gasteiger partial charge < -0.3 is 10.1 Å². The fourth-order valence-corrected chi connectivity index (χ4v) is 2.22. The van der Waals surface area contributed by atoms with Gasteiger partial charge in [-0.15, -0.1) is 0 Å². The van der Waals surface area contributed by atoms with Crippen LogP contribution in [-0.4, -0.2) is 25.8 Å². The van der Waals surface area contributed by atoms with Gasteiger partial charge >= 0.3 is 0 Å². The van der Waals surface area contributed by atoms with Crippen LogP contribution in [0.2, 0.25) is 0 Å². The molecule has 1 aliphatic rings. The number of halogens is 3. The lowest BCUT2D eigenvalue weighted by Crippen LogP contribution is -2.44. The molecule has 2 atom stereocenters. The summed E-state index contributed by atoms with van der Waals surface area (Å²) in [4.78, 5) is 0. The van der Waals surface area contributed by atoms with E-state index in [4.69, 9.17) is 4.74 Å². The normalized spacial score (nSPS) is 23.7. The molecule has 0 saturated carbocycles. The quantitative estimate of drug-likeness (QED) is 0.900. The molecule has 18 heavy (non-hydrogen) atoms. The molecule has 1 aliphatic heterocycles. The molecule has 1 heterocycles. The minimum absolute atomic E-state index is 0.0490. The van der Waals surface area contributed by atoms with Crippen molar-refractivity contribution in [1.29, 1.82) is 0 Å². The molecule has 2 unspecified atom stereocenters. The van der Waals surface area contributed by atoms with Gasteiger partial charge in [0.1, 0.15) is 17.3 Å². The lowest BCUT2D eigenvalue weighted by molar-refractivity contribution is 0.0464. The van der Waals surface area contributed by atoms with E-state index in [0.717, 1.165) is 18.2 Å². The Morgan fingerprint density at radius 3 is 2.89 bits per heavy atom. The molecule has 0 spiro atoms. The number of morpholine rings is 1. The van der Waals surface area contributed by atoms with E-state index >= 15 is 0 Å². The SMILES string of the molecule is CC(F)(CC1COCCN1)c1cc(F)ccc1F. The average Bonchev–Trinajstić information content (AvgIpc) is 2.33. The summed E-state index contributed by atoms with van der Waals surface area (Å²) in [6.07, 6.45) is 0.0490. The third-order valence-electron chi connectivity index (χ3n) is 3.12. The van der Waals surface area contributed by atoms with Crippen LogP contribution in [0.4, 0.5) is 13.2 Å². The first-order valence-corrected chi connectivity index (χ1v) is 5.94. The van der Waals surface area contributed by atoms with Gasteiger partial charge in [0, 0.05) is 24.6 Å². The van der Waals surface area contributed by atoms with E-state index in [9.17, 15) is 13.2 Å². The first-order chi connectivity index (χ1) is 8.49. The van der Waals surface area contributed by atoms with Gasteiger partial charge in [-0.25, -0.2) is 13.2 Å². The first kappa shape index (κ1) is 13.4. The Labute approximate surface area is 104 Å². The maximum Gasteiger partial charge on any atom is 0.137 e. The Morgan fingerprint density at radius 2 is 2.22 bits per heavy atom.